The molecule has 0 aliphatic rings. The quantitative estimate of drug-likeness (QED) is 0.815. The lowest BCUT2D eigenvalue weighted by atomic mass is 9.88. The van der Waals surface area contributed by atoms with Crippen LogP contribution in [0.4, 0.5) is 0 Å². The van der Waals surface area contributed by atoms with Gasteiger partial charge in [-0.3, -0.25) is 4.79 Å². The smallest absolute Gasteiger partial charge is 0.220 e. The van der Waals surface area contributed by atoms with Crippen LogP contribution in [-0.4, -0.2) is 18.5 Å². The first-order chi connectivity index (χ1) is 10.7. The molecule has 0 spiro atoms. The Kier molecular flexibility index (Phi) is 8.38. The number of carbonyl (C=O) groups excluding carboxylic acids is 1. The van der Waals surface area contributed by atoms with Crippen LogP contribution in [0.3, 0.4) is 0 Å². The van der Waals surface area contributed by atoms with E-state index >= 15 is 0 Å². The minimum atomic E-state index is 0. The zero-order valence-corrected chi connectivity index (χ0v) is 14.3. The van der Waals surface area contributed by atoms with Crippen molar-refractivity contribution in [2.45, 2.75) is 31.7 Å². The van der Waals surface area contributed by atoms with Gasteiger partial charge in [-0.05, 0) is 24.5 Å². The van der Waals surface area contributed by atoms with E-state index in [1.165, 1.54) is 0 Å². The molecule has 0 radical (unpaired) electrons. The summed E-state index contributed by atoms with van der Waals surface area (Å²) in [6.07, 6.45) is 1.25. The molecule has 2 aromatic rings. The van der Waals surface area contributed by atoms with Crippen molar-refractivity contribution in [2.75, 3.05) is 6.54 Å². The normalized spacial score (nSPS) is 11.6. The molecule has 0 saturated heterocycles. The summed E-state index contributed by atoms with van der Waals surface area (Å²) in [5, 5.41) is 2.97. The Balaban J connectivity index is 0.00000264. The molecule has 4 heteroatoms. The van der Waals surface area contributed by atoms with Gasteiger partial charge < -0.3 is 11.1 Å². The molecule has 0 aromatic heterocycles. The van der Waals surface area contributed by atoms with Crippen LogP contribution in [-0.2, 0) is 4.79 Å². The number of carbonyl (C=O) groups is 1. The van der Waals surface area contributed by atoms with Crippen molar-refractivity contribution in [1.29, 1.82) is 0 Å². The third kappa shape index (κ3) is 6.43. The van der Waals surface area contributed by atoms with Crippen molar-refractivity contribution in [3.8, 4) is 0 Å². The summed E-state index contributed by atoms with van der Waals surface area (Å²) < 4.78 is 0. The number of amides is 1. The number of hydrogen-bond acceptors (Lipinski definition) is 2. The van der Waals surface area contributed by atoms with Crippen molar-refractivity contribution >= 4 is 18.3 Å². The fourth-order valence-corrected chi connectivity index (χ4v) is 2.50. The van der Waals surface area contributed by atoms with Gasteiger partial charge in [-0.1, -0.05) is 60.7 Å². The predicted molar refractivity (Wildman–Crippen MR) is 97.9 cm³/mol. The molecule has 23 heavy (non-hydrogen) atoms. The molecule has 0 saturated carbocycles. The SMILES string of the molecule is CC(N)CCNC(=O)CC(c1ccccc1)c1ccccc1.Cl. The molecule has 1 atom stereocenters. The molecule has 0 aliphatic carbocycles. The van der Waals surface area contributed by atoms with E-state index in [-0.39, 0.29) is 30.3 Å². The van der Waals surface area contributed by atoms with Gasteiger partial charge in [0.15, 0.2) is 0 Å². The van der Waals surface area contributed by atoms with Gasteiger partial charge in [0.05, 0.1) is 0 Å². The lowest BCUT2D eigenvalue weighted by Crippen LogP contribution is -2.30. The number of nitrogens with two attached hydrogens (primary N) is 1. The average Bonchev–Trinajstić information content (AvgIpc) is 2.54. The molecule has 0 fully saturated rings. The maximum atomic E-state index is 12.2. The van der Waals surface area contributed by atoms with Crippen LogP contribution in [0.5, 0.6) is 0 Å². The first-order valence-corrected chi connectivity index (χ1v) is 7.79. The Bertz CT molecular complexity index is 533. The van der Waals surface area contributed by atoms with Crippen molar-refractivity contribution < 1.29 is 4.79 Å². The highest BCUT2D eigenvalue weighted by molar-refractivity contribution is 5.85. The van der Waals surface area contributed by atoms with E-state index < -0.39 is 0 Å². The van der Waals surface area contributed by atoms with E-state index in [0.29, 0.717) is 13.0 Å². The topological polar surface area (TPSA) is 55.1 Å². The number of nitrogens with one attached hydrogen (secondary N) is 1. The molecule has 2 aromatic carbocycles. The first-order valence-electron chi connectivity index (χ1n) is 7.79. The highest BCUT2D eigenvalue weighted by atomic mass is 35.5. The van der Waals surface area contributed by atoms with E-state index in [1.807, 2.05) is 43.3 Å². The van der Waals surface area contributed by atoms with Gasteiger partial charge in [0, 0.05) is 24.9 Å². The van der Waals surface area contributed by atoms with E-state index in [9.17, 15) is 4.79 Å². The Morgan fingerprint density at radius 2 is 1.48 bits per heavy atom. The second-order valence-corrected chi connectivity index (χ2v) is 5.69. The summed E-state index contributed by atoms with van der Waals surface area (Å²) in [6.45, 7) is 2.58. The van der Waals surface area contributed by atoms with Crippen molar-refractivity contribution in [1.82, 2.24) is 5.32 Å². The third-order valence-electron chi connectivity index (χ3n) is 3.72. The van der Waals surface area contributed by atoms with E-state index in [2.05, 4.69) is 29.6 Å². The molecule has 0 bridgehead atoms. The largest absolute Gasteiger partial charge is 0.356 e. The van der Waals surface area contributed by atoms with E-state index in [4.69, 9.17) is 5.73 Å². The second kappa shape index (κ2) is 10.0. The Morgan fingerprint density at radius 1 is 1.00 bits per heavy atom. The summed E-state index contributed by atoms with van der Waals surface area (Å²) in [5.41, 5.74) is 8.04. The van der Waals surface area contributed by atoms with Crippen LogP contribution < -0.4 is 11.1 Å². The third-order valence-corrected chi connectivity index (χ3v) is 3.72. The molecule has 3 N–H and O–H groups in total. The molecular weight excluding hydrogens is 308 g/mol. The van der Waals surface area contributed by atoms with Gasteiger partial charge in [-0.15, -0.1) is 12.4 Å². The van der Waals surface area contributed by atoms with Gasteiger partial charge in [0.25, 0.3) is 0 Å². The molecule has 3 nitrogen and oxygen atoms in total. The van der Waals surface area contributed by atoms with Crippen LogP contribution in [0.15, 0.2) is 60.7 Å². The first kappa shape index (κ1) is 19.2. The van der Waals surface area contributed by atoms with Gasteiger partial charge in [0.2, 0.25) is 5.91 Å². The number of hydrogen-bond donors (Lipinski definition) is 2. The lowest BCUT2D eigenvalue weighted by molar-refractivity contribution is -0.121. The maximum absolute atomic E-state index is 12.2. The molecule has 2 rings (SSSR count). The summed E-state index contributed by atoms with van der Waals surface area (Å²) in [6, 6.07) is 20.5. The average molecular weight is 333 g/mol. The fourth-order valence-electron chi connectivity index (χ4n) is 2.50. The zero-order chi connectivity index (χ0) is 15.8. The Hall–Kier alpha value is -1.84. The minimum absolute atomic E-state index is 0. The predicted octanol–water partition coefficient (Wildman–Crippen LogP) is 3.48. The molecule has 124 valence electrons. The van der Waals surface area contributed by atoms with Crippen LogP contribution in [0, 0.1) is 0 Å². The highest BCUT2D eigenvalue weighted by Crippen LogP contribution is 2.27. The van der Waals surface area contributed by atoms with Gasteiger partial charge in [-0.25, -0.2) is 0 Å². The van der Waals surface area contributed by atoms with E-state index in [1.54, 1.807) is 0 Å². The van der Waals surface area contributed by atoms with Crippen LogP contribution in [0.1, 0.15) is 36.8 Å². The number of rotatable bonds is 7. The summed E-state index contributed by atoms with van der Waals surface area (Å²) in [5.74, 6) is 0.149. The van der Waals surface area contributed by atoms with Crippen LogP contribution in [0.25, 0.3) is 0 Å². The van der Waals surface area contributed by atoms with E-state index in [0.717, 1.165) is 17.5 Å². The molecule has 0 heterocycles. The summed E-state index contributed by atoms with van der Waals surface area (Å²) in [4.78, 5) is 12.2. The minimum Gasteiger partial charge on any atom is -0.356 e. The molecule has 1 amide bonds. The second-order valence-electron chi connectivity index (χ2n) is 5.69. The van der Waals surface area contributed by atoms with Gasteiger partial charge >= 0.3 is 0 Å². The van der Waals surface area contributed by atoms with Crippen LogP contribution in [0.2, 0.25) is 0 Å². The van der Waals surface area contributed by atoms with Crippen molar-refractivity contribution in [3.05, 3.63) is 71.8 Å². The highest BCUT2D eigenvalue weighted by Gasteiger charge is 2.17. The van der Waals surface area contributed by atoms with Crippen LogP contribution >= 0.6 is 12.4 Å². The lowest BCUT2D eigenvalue weighted by Gasteiger charge is -2.18. The molecule has 0 aliphatic heterocycles. The Labute approximate surface area is 144 Å². The maximum Gasteiger partial charge on any atom is 0.220 e. The number of halogens is 1. The Morgan fingerprint density at radius 3 is 1.91 bits per heavy atom. The molecule has 1 unspecified atom stereocenters. The summed E-state index contributed by atoms with van der Waals surface area (Å²) >= 11 is 0. The molecular formula is C19H25ClN2O. The number of benzene rings is 2. The van der Waals surface area contributed by atoms with Crippen molar-refractivity contribution in [2.24, 2.45) is 5.73 Å². The zero-order valence-electron chi connectivity index (χ0n) is 13.4. The summed E-state index contributed by atoms with van der Waals surface area (Å²) in [7, 11) is 0. The van der Waals surface area contributed by atoms with Crippen molar-refractivity contribution in [3.63, 3.8) is 0 Å². The standard InChI is InChI=1S/C19H24N2O.ClH/c1-15(20)12-13-21-19(22)14-18(16-8-4-2-5-9-16)17-10-6-3-7-11-17;/h2-11,15,18H,12-14,20H2,1H3,(H,21,22);1H. The fraction of sp³-hybridized carbons (Fsp3) is 0.316. The van der Waals surface area contributed by atoms with Gasteiger partial charge in [-0.2, -0.15) is 0 Å². The monoisotopic (exact) mass is 332 g/mol. The van der Waals surface area contributed by atoms with Gasteiger partial charge in [0.1, 0.15) is 0 Å².